The predicted molar refractivity (Wildman–Crippen MR) is 59.4 cm³/mol. The highest BCUT2D eigenvalue weighted by molar-refractivity contribution is 5.94. The summed E-state index contributed by atoms with van der Waals surface area (Å²) in [5.74, 6) is -1.29. The van der Waals surface area contributed by atoms with Gasteiger partial charge in [-0.1, -0.05) is 0 Å². The second-order valence-electron chi connectivity index (χ2n) is 4.10. The maximum atomic E-state index is 13.5. The Kier molecular flexibility index (Phi) is 3.28. The first-order valence-electron chi connectivity index (χ1n) is 5.43. The highest BCUT2D eigenvalue weighted by atomic mass is 19.1. The van der Waals surface area contributed by atoms with E-state index in [4.69, 9.17) is 9.84 Å². The number of carbonyl (C=O) groups is 1. The lowest BCUT2D eigenvalue weighted by molar-refractivity contribution is 0.0706. The second kappa shape index (κ2) is 4.71. The van der Waals surface area contributed by atoms with Gasteiger partial charge in [0.05, 0.1) is 18.2 Å². The number of ether oxygens (including phenoxy) is 1. The molecule has 17 heavy (non-hydrogen) atoms. The fourth-order valence-electron chi connectivity index (χ4n) is 1.86. The van der Waals surface area contributed by atoms with Crippen molar-refractivity contribution in [3.63, 3.8) is 0 Å². The van der Waals surface area contributed by atoms with Gasteiger partial charge in [0.15, 0.2) is 0 Å². The summed E-state index contributed by atoms with van der Waals surface area (Å²) in [4.78, 5) is 13.5. The van der Waals surface area contributed by atoms with Crippen LogP contribution in [-0.2, 0) is 4.74 Å². The molecule has 1 heterocycles. The molecule has 1 aliphatic heterocycles. The zero-order valence-electron chi connectivity index (χ0n) is 9.52. The molecule has 5 heteroatoms. The number of hydrogen-bond donors (Lipinski definition) is 1. The number of hydrogen-bond acceptors (Lipinski definition) is 3. The molecule has 0 aliphatic carbocycles. The van der Waals surface area contributed by atoms with Crippen LogP contribution in [0.15, 0.2) is 18.2 Å². The van der Waals surface area contributed by atoms with Crippen LogP contribution in [0.3, 0.4) is 0 Å². The number of phenols is 1. The summed E-state index contributed by atoms with van der Waals surface area (Å²) < 4.78 is 18.7. The molecule has 1 saturated heterocycles. The number of rotatable bonds is 2. The van der Waals surface area contributed by atoms with E-state index in [9.17, 15) is 9.18 Å². The molecule has 4 nitrogen and oxygen atoms in total. The number of amides is 1. The van der Waals surface area contributed by atoms with E-state index < -0.39 is 11.7 Å². The van der Waals surface area contributed by atoms with Crippen LogP contribution < -0.4 is 0 Å². The summed E-state index contributed by atoms with van der Waals surface area (Å²) in [6.07, 6.45) is 0.766. The molecule has 1 fully saturated rings. The van der Waals surface area contributed by atoms with Crippen molar-refractivity contribution >= 4 is 5.91 Å². The number of likely N-dealkylation sites (N-methyl/N-ethyl adjacent to an activating group) is 1. The van der Waals surface area contributed by atoms with Crippen LogP contribution in [0, 0.1) is 5.82 Å². The number of aromatic hydroxyl groups is 1. The van der Waals surface area contributed by atoms with Crippen molar-refractivity contribution in [2.45, 2.75) is 12.5 Å². The SMILES string of the molecule is CN(C(=O)c1ccc(O)cc1F)C1CCOC1. The summed E-state index contributed by atoms with van der Waals surface area (Å²) in [7, 11) is 1.63. The Morgan fingerprint density at radius 1 is 1.59 bits per heavy atom. The molecule has 2 rings (SSSR count). The third kappa shape index (κ3) is 2.39. The average Bonchev–Trinajstić information content (AvgIpc) is 2.80. The predicted octanol–water partition coefficient (Wildman–Crippen LogP) is 1.39. The van der Waals surface area contributed by atoms with Gasteiger partial charge in [-0.15, -0.1) is 0 Å². The number of benzene rings is 1. The topological polar surface area (TPSA) is 49.8 Å². The van der Waals surface area contributed by atoms with Crippen molar-refractivity contribution in [1.82, 2.24) is 4.90 Å². The van der Waals surface area contributed by atoms with Gasteiger partial charge in [0.1, 0.15) is 11.6 Å². The Morgan fingerprint density at radius 3 is 2.94 bits per heavy atom. The molecule has 1 amide bonds. The van der Waals surface area contributed by atoms with Gasteiger partial charge in [-0.05, 0) is 18.6 Å². The number of nitrogens with zero attached hydrogens (tertiary/aromatic N) is 1. The largest absolute Gasteiger partial charge is 0.508 e. The van der Waals surface area contributed by atoms with Crippen LogP contribution in [-0.4, -0.2) is 42.2 Å². The van der Waals surface area contributed by atoms with E-state index >= 15 is 0 Å². The van der Waals surface area contributed by atoms with E-state index in [1.807, 2.05) is 0 Å². The normalized spacial score (nSPS) is 19.3. The van der Waals surface area contributed by atoms with Crippen LogP contribution in [0.2, 0.25) is 0 Å². The maximum Gasteiger partial charge on any atom is 0.256 e. The molecule has 1 aromatic carbocycles. The molecule has 92 valence electrons. The summed E-state index contributed by atoms with van der Waals surface area (Å²) in [6.45, 7) is 1.11. The van der Waals surface area contributed by atoms with Crippen LogP contribution in [0.4, 0.5) is 4.39 Å². The van der Waals surface area contributed by atoms with Crippen molar-refractivity contribution in [3.8, 4) is 5.75 Å². The summed E-state index contributed by atoms with van der Waals surface area (Å²) in [6, 6.07) is 3.52. The van der Waals surface area contributed by atoms with Crippen LogP contribution in [0.25, 0.3) is 0 Å². The molecule has 0 bridgehead atoms. The third-order valence-corrected chi connectivity index (χ3v) is 2.96. The number of phenolic OH excluding ortho intramolecular Hbond substituents is 1. The minimum atomic E-state index is -0.708. The molecular weight excluding hydrogens is 225 g/mol. The molecule has 1 N–H and O–H groups in total. The van der Waals surface area contributed by atoms with Gasteiger partial charge in [-0.25, -0.2) is 4.39 Å². The molecule has 0 radical (unpaired) electrons. The molecule has 1 unspecified atom stereocenters. The zero-order valence-corrected chi connectivity index (χ0v) is 9.52. The van der Waals surface area contributed by atoms with E-state index in [-0.39, 0.29) is 17.4 Å². The lowest BCUT2D eigenvalue weighted by Gasteiger charge is -2.23. The first kappa shape index (κ1) is 11.9. The quantitative estimate of drug-likeness (QED) is 0.848. The zero-order chi connectivity index (χ0) is 12.4. The van der Waals surface area contributed by atoms with Crippen molar-refractivity contribution in [1.29, 1.82) is 0 Å². The Morgan fingerprint density at radius 2 is 2.35 bits per heavy atom. The monoisotopic (exact) mass is 239 g/mol. The Balaban J connectivity index is 2.18. The minimum absolute atomic E-state index is 0.00398. The first-order valence-corrected chi connectivity index (χ1v) is 5.43. The van der Waals surface area contributed by atoms with Crippen LogP contribution in [0.5, 0.6) is 5.75 Å². The molecule has 0 aromatic heterocycles. The average molecular weight is 239 g/mol. The Bertz CT molecular complexity index is 430. The molecule has 0 saturated carbocycles. The standard InChI is InChI=1S/C12H14FNO3/c1-14(8-4-5-17-7-8)12(16)10-3-2-9(15)6-11(10)13/h2-3,6,8,15H,4-5,7H2,1H3. The van der Waals surface area contributed by atoms with Crippen molar-refractivity contribution < 1.29 is 19.0 Å². The van der Waals surface area contributed by atoms with Gasteiger partial charge in [-0.2, -0.15) is 0 Å². The van der Waals surface area contributed by atoms with E-state index in [0.29, 0.717) is 13.2 Å². The Hall–Kier alpha value is -1.62. The second-order valence-corrected chi connectivity index (χ2v) is 4.10. The first-order chi connectivity index (χ1) is 8.09. The smallest absolute Gasteiger partial charge is 0.256 e. The van der Waals surface area contributed by atoms with E-state index in [2.05, 4.69) is 0 Å². The summed E-state index contributed by atoms with van der Waals surface area (Å²) in [5.41, 5.74) is -0.0304. The van der Waals surface area contributed by atoms with Gasteiger partial charge in [0.25, 0.3) is 5.91 Å². The Labute approximate surface area is 98.6 Å². The molecule has 1 aliphatic rings. The summed E-state index contributed by atoms with van der Waals surface area (Å²) in [5, 5.41) is 9.08. The molecule has 1 atom stereocenters. The van der Waals surface area contributed by atoms with E-state index in [1.54, 1.807) is 7.05 Å². The van der Waals surface area contributed by atoms with Gasteiger partial charge in [-0.3, -0.25) is 4.79 Å². The van der Waals surface area contributed by atoms with Gasteiger partial charge in [0, 0.05) is 19.7 Å². The minimum Gasteiger partial charge on any atom is -0.508 e. The molecular formula is C12H14FNO3. The van der Waals surface area contributed by atoms with Gasteiger partial charge in [0.2, 0.25) is 0 Å². The van der Waals surface area contributed by atoms with Gasteiger partial charge < -0.3 is 14.7 Å². The van der Waals surface area contributed by atoms with Crippen LogP contribution in [0.1, 0.15) is 16.8 Å². The third-order valence-electron chi connectivity index (χ3n) is 2.96. The van der Waals surface area contributed by atoms with Crippen molar-refractivity contribution in [2.75, 3.05) is 20.3 Å². The highest BCUT2D eigenvalue weighted by Crippen LogP contribution is 2.19. The maximum absolute atomic E-state index is 13.5. The molecule has 1 aromatic rings. The van der Waals surface area contributed by atoms with Gasteiger partial charge >= 0.3 is 0 Å². The highest BCUT2D eigenvalue weighted by Gasteiger charge is 2.26. The van der Waals surface area contributed by atoms with E-state index in [1.165, 1.54) is 17.0 Å². The molecule has 0 spiro atoms. The number of halogens is 1. The summed E-state index contributed by atoms with van der Waals surface area (Å²) >= 11 is 0. The fourth-order valence-corrected chi connectivity index (χ4v) is 1.86. The number of carbonyl (C=O) groups excluding carboxylic acids is 1. The lowest BCUT2D eigenvalue weighted by atomic mass is 10.1. The van der Waals surface area contributed by atoms with E-state index in [0.717, 1.165) is 12.5 Å². The fraction of sp³-hybridized carbons (Fsp3) is 0.417. The lowest BCUT2D eigenvalue weighted by Crippen LogP contribution is -2.37. The van der Waals surface area contributed by atoms with Crippen LogP contribution >= 0.6 is 0 Å². The van der Waals surface area contributed by atoms with Crippen molar-refractivity contribution in [3.05, 3.63) is 29.6 Å². The van der Waals surface area contributed by atoms with Crippen molar-refractivity contribution in [2.24, 2.45) is 0 Å².